The van der Waals surface area contributed by atoms with Gasteiger partial charge in [-0.1, -0.05) is 13.3 Å². The minimum atomic E-state index is -0.212. The normalized spacial score (nSPS) is 23.5. The Morgan fingerprint density at radius 3 is 3.13 bits per heavy atom. The molecule has 4 nitrogen and oxygen atoms in total. The summed E-state index contributed by atoms with van der Waals surface area (Å²) < 4.78 is 0. The molecule has 2 unspecified atom stereocenters. The van der Waals surface area contributed by atoms with Gasteiger partial charge in [0.15, 0.2) is 0 Å². The zero-order valence-electron chi connectivity index (χ0n) is 8.60. The number of carbonyl (C=O) groups excluding carboxylic acids is 1. The summed E-state index contributed by atoms with van der Waals surface area (Å²) in [6, 6.07) is 1.81. The third-order valence-electron chi connectivity index (χ3n) is 2.81. The molecule has 80 valence electrons. The Bertz CT molecular complexity index is 379. The summed E-state index contributed by atoms with van der Waals surface area (Å²) >= 11 is 0. The smallest absolute Gasteiger partial charge is 0.255 e. The quantitative estimate of drug-likeness (QED) is 0.784. The van der Waals surface area contributed by atoms with Gasteiger partial charge in [-0.3, -0.25) is 9.78 Å². The summed E-state index contributed by atoms with van der Waals surface area (Å²) in [6.45, 7) is 2.11. The number of carbonyl (C=O) groups is 1. The summed E-state index contributed by atoms with van der Waals surface area (Å²) in [7, 11) is 0. The Labute approximate surface area is 88.3 Å². The maximum absolute atomic E-state index is 11.7. The van der Waals surface area contributed by atoms with E-state index >= 15 is 0 Å². The van der Waals surface area contributed by atoms with Crippen molar-refractivity contribution in [3.63, 3.8) is 0 Å². The number of nitrogens with zero attached hydrogens (tertiary/aromatic N) is 1. The van der Waals surface area contributed by atoms with E-state index in [0.717, 1.165) is 12.8 Å². The fourth-order valence-electron chi connectivity index (χ4n) is 1.70. The van der Waals surface area contributed by atoms with E-state index in [2.05, 4.69) is 17.2 Å². The van der Waals surface area contributed by atoms with Crippen LogP contribution in [-0.2, 0) is 0 Å². The van der Waals surface area contributed by atoms with Crippen molar-refractivity contribution >= 4 is 5.91 Å². The molecule has 0 radical (unpaired) electrons. The molecule has 1 heterocycles. The number of hydrogen-bond acceptors (Lipinski definition) is 3. The topological polar surface area (TPSA) is 62.2 Å². The summed E-state index contributed by atoms with van der Waals surface area (Å²) in [6.07, 6.45) is 4.92. The van der Waals surface area contributed by atoms with Gasteiger partial charge in [0.05, 0.1) is 11.8 Å². The van der Waals surface area contributed by atoms with E-state index in [4.69, 9.17) is 0 Å². The third kappa shape index (κ3) is 2.09. The predicted octanol–water partition coefficient (Wildman–Crippen LogP) is 1.32. The van der Waals surface area contributed by atoms with Crippen LogP contribution in [0.15, 0.2) is 18.5 Å². The Balaban J connectivity index is 2.00. The van der Waals surface area contributed by atoms with E-state index in [1.165, 1.54) is 18.5 Å². The van der Waals surface area contributed by atoms with Gasteiger partial charge in [0, 0.05) is 12.2 Å². The van der Waals surface area contributed by atoms with Gasteiger partial charge in [-0.25, -0.2) is 0 Å². The van der Waals surface area contributed by atoms with Crippen molar-refractivity contribution in [1.29, 1.82) is 0 Å². The Hall–Kier alpha value is -1.58. The van der Waals surface area contributed by atoms with Crippen LogP contribution >= 0.6 is 0 Å². The summed E-state index contributed by atoms with van der Waals surface area (Å²) in [5.74, 6) is 0.331. The summed E-state index contributed by atoms with van der Waals surface area (Å²) in [5, 5.41) is 12.3. The highest BCUT2D eigenvalue weighted by Crippen LogP contribution is 2.33. The molecule has 0 aliphatic heterocycles. The molecular formula is C11H14N2O2. The van der Waals surface area contributed by atoms with Crippen molar-refractivity contribution in [2.75, 3.05) is 0 Å². The summed E-state index contributed by atoms with van der Waals surface area (Å²) in [5.41, 5.74) is 0.298. The van der Waals surface area contributed by atoms with Crippen molar-refractivity contribution in [3.05, 3.63) is 24.0 Å². The average Bonchev–Trinajstić information content (AvgIpc) is 2.97. The fraction of sp³-hybridized carbons (Fsp3) is 0.455. The molecule has 1 aliphatic rings. The zero-order chi connectivity index (χ0) is 10.8. The molecule has 0 spiro atoms. The van der Waals surface area contributed by atoms with Crippen molar-refractivity contribution in [1.82, 2.24) is 10.3 Å². The molecule has 2 atom stereocenters. The van der Waals surface area contributed by atoms with E-state index in [9.17, 15) is 9.90 Å². The van der Waals surface area contributed by atoms with Crippen LogP contribution in [0.3, 0.4) is 0 Å². The van der Waals surface area contributed by atoms with Crippen LogP contribution in [0, 0.1) is 5.92 Å². The van der Waals surface area contributed by atoms with Gasteiger partial charge in [0.1, 0.15) is 5.75 Å². The zero-order valence-corrected chi connectivity index (χ0v) is 8.60. The first-order chi connectivity index (χ1) is 7.22. The minimum absolute atomic E-state index is 0.0660. The number of rotatable bonds is 3. The Morgan fingerprint density at radius 1 is 1.73 bits per heavy atom. The lowest BCUT2D eigenvalue weighted by Crippen LogP contribution is -2.26. The van der Waals surface area contributed by atoms with E-state index in [1.54, 1.807) is 0 Å². The lowest BCUT2D eigenvalue weighted by molar-refractivity contribution is 0.0946. The van der Waals surface area contributed by atoms with Gasteiger partial charge in [0.2, 0.25) is 0 Å². The molecule has 1 fully saturated rings. The maximum atomic E-state index is 11.7. The summed E-state index contributed by atoms with van der Waals surface area (Å²) in [4.78, 5) is 15.4. The van der Waals surface area contributed by atoms with Crippen LogP contribution in [0.5, 0.6) is 5.75 Å². The van der Waals surface area contributed by atoms with Crippen LogP contribution in [0.2, 0.25) is 0 Å². The van der Waals surface area contributed by atoms with Gasteiger partial charge in [-0.2, -0.15) is 0 Å². The lowest BCUT2D eigenvalue weighted by atomic mass is 10.2. The highest BCUT2D eigenvalue weighted by Gasteiger charge is 2.36. The average molecular weight is 206 g/mol. The highest BCUT2D eigenvalue weighted by molar-refractivity contribution is 5.96. The highest BCUT2D eigenvalue weighted by atomic mass is 16.3. The molecule has 1 amide bonds. The third-order valence-corrected chi connectivity index (χ3v) is 2.81. The first-order valence-corrected chi connectivity index (χ1v) is 5.16. The standard InChI is InChI=1S/C11H14N2O2/c1-2-7-5-9(7)13-11(15)8-3-4-12-6-10(8)14/h3-4,6-7,9,14H,2,5H2,1H3,(H,13,15). The minimum Gasteiger partial charge on any atom is -0.505 e. The van der Waals surface area contributed by atoms with Gasteiger partial charge >= 0.3 is 0 Å². The number of hydrogen-bond donors (Lipinski definition) is 2. The number of nitrogens with one attached hydrogen (secondary N) is 1. The molecule has 2 N–H and O–H groups in total. The second-order valence-electron chi connectivity index (χ2n) is 3.88. The second kappa shape index (κ2) is 3.88. The molecular weight excluding hydrogens is 192 g/mol. The molecule has 1 saturated carbocycles. The van der Waals surface area contributed by atoms with Gasteiger partial charge in [-0.05, 0) is 18.4 Å². The van der Waals surface area contributed by atoms with Crippen LogP contribution in [0.4, 0.5) is 0 Å². The van der Waals surface area contributed by atoms with Gasteiger partial charge in [-0.15, -0.1) is 0 Å². The van der Waals surface area contributed by atoms with Crippen molar-refractivity contribution < 1.29 is 9.90 Å². The molecule has 1 aromatic heterocycles. The van der Waals surface area contributed by atoms with Crippen molar-refractivity contribution in [2.24, 2.45) is 5.92 Å². The van der Waals surface area contributed by atoms with E-state index in [0.29, 0.717) is 11.5 Å². The predicted molar refractivity (Wildman–Crippen MR) is 55.6 cm³/mol. The Kier molecular flexibility index (Phi) is 2.58. The van der Waals surface area contributed by atoms with Crippen LogP contribution in [-0.4, -0.2) is 22.0 Å². The lowest BCUT2D eigenvalue weighted by Gasteiger charge is -2.05. The molecule has 1 aromatic rings. The SMILES string of the molecule is CCC1CC1NC(=O)c1ccncc1O. The van der Waals surface area contributed by atoms with Crippen LogP contribution in [0.1, 0.15) is 30.1 Å². The molecule has 1 aliphatic carbocycles. The molecule has 15 heavy (non-hydrogen) atoms. The van der Waals surface area contributed by atoms with Gasteiger partial charge < -0.3 is 10.4 Å². The van der Waals surface area contributed by atoms with Crippen molar-refractivity contribution in [3.8, 4) is 5.75 Å². The molecule has 0 bridgehead atoms. The molecule has 0 saturated heterocycles. The molecule has 0 aromatic carbocycles. The largest absolute Gasteiger partial charge is 0.505 e. The van der Waals surface area contributed by atoms with E-state index < -0.39 is 0 Å². The molecule has 4 heteroatoms. The maximum Gasteiger partial charge on any atom is 0.255 e. The first-order valence-electron chi connectivity index (χ1n) is 5.16. The number of aromatic nitrogens is 1. The van der Waals surface area contributed by atoms with Crippen LogP contribution < -0.4 is 5.32 Å². The first kappa shape index (κ1) is 9.96. The van der Waals surface area contributed by atoms with E-state index in [-0.39, 0.29) is 17.7 Å². The Morgan fingerprint density at radius 2 is 2.53 bits per heavy atom. The number of pyridine rings is 1. The monoisotopic (exact) mass is 206 g/mol. The van der Waals surface area contributed by atoms with Crippen molar-refractivity contribution in [2.45, 2.75) is 25.8 Å². The number of aromatic hydroxyl groups is 1. The fourth-order valence-corrected chi connectivity index (χ4v) is 1.70. The van der Waals surface area contributed by atoms with E-state index in [1.807, 2.05) is 0 Å². The van der Waals surface area contributed by atoms with Crippen LogP contribution in [0.25, 0.3) is 0 Å². The molecule has 2 rings (SSSR count). The van der Waals surface area contributed by atoms with Gasteiger partial charge in [0.25, 0.3) is 5.91 Å². The number of amides is 1. The second-order valence-corrected chi connectivity index (χ2v) is 3.88.